The molecule has 0 saturated heterocycles. The number of aryl methyl sites for hydroxylation is 2. The van der Waals surface area contributed by atoms with Crippen molar-refractivity contribution in [2.24, 2.45) is 0 Å². The van der Waals surface area contributed by atoms with Crippen LogP contribution in [0, 0.1) is 19.7 Å². The molecule has 0 saturated carbocycles. The molecule has 130 valence electrons. The molecule has 5 heteroatoms. The maximum atomic E-state index is 13.5. The fourth-order valence-electron chi connectivity index (χ4n) is 2.58. The molecule has 1 aromatic heterocycles. The Kier molecular flexibility index (Phi) is 5.56. The Morgan fingerprint density at radius 1 is 1.12 bits per heavy atom. The number of halogens is 1. The van der Waals surface area contributed by atoms with E-state index in [2.05, 4.69) is 13.0 Å². The number of hydrogen-bond acceptors (Lipinski definition) is 4. The fourth-order valence-corrected chi connectivity index (χ4v) is 3.46. The Morgan fingerprint density at radius 2 is 1.92 bits per heavy atom. The molecular weight excluding hydrogens is 337 g/mol. The highest BCUT2D eigenvalue weighted by Crippen LogP contribution is 2.26. The third-order valence-electron chi connectivity index (χ3n) is 3.92. The number of para-hydroxylation sites is 2. The summed E-state index contributed by atoms with van der Waals surface area (Å²) >= 11 is 1.47. The van der Waals surface area contributed by atoms with Gasteiger partial charge in [-0.25, -0.2) is 9.37 Å². The Morgan fingerprint density at radius 3 is 2.72 bits per heavy atom. The molecule has 0 amide bonds. The van der Waals surface area contributed by atoms with Crippen molar-refractivity contribution < 1.29 is 14.2 Å². The number of aliphatic hydroxyl groups excluding tert-OH is 1. The Bertz CT molecular complexity index is 885. The molecule has 3 rings (SSSR count). The van der Waals surface area contributed by atoms with Gasteiger partial charge in [0.1, 0.15) is 6.61 Å². The third kappa shape index (κ3) is 4.30. The second-order valence-electron chi connectivity index (χ2n) is 5.95. The predicted molar refractivity (Wildman–Crippen MR) is 99.8 cm³/mol. The lowest BCUT2D eigenvalue weighted by Crippen LogP contribution is -2.20. The average Bonchev–Trinajstić information content (AvgIpc) is 2.60. The zero-order valence-corrected chi connectivity index (χ0v) is 15.0. The van der Waals surface area contributed by atoms with E-state index in [1.54, 1.807) is 18.2 Å². The fraction of sp³-hybridized carbons (Fsp3) is 0.250. The van der Waals surface area contributed by atoms with Gasteiger partial charge in [0, 0.05) is 11.1 Å². The van der Waals surface area contributed by atoms with Crippen molar-refractivity contribution >= 4 is 22.7 Å². The number of benzene rings is 2. The summed E-state index contributed by atoms with van der Waals surface area (Å²) in [6, 6.07) is 14.3. The van der Waals surface area contributed by atoms with Crippen LogP contribution in [0.4, 0.5) is 4.39 Å². The zero-order chi connectivity index (χ0) is 17.8. The summed E-state index contributed by atoms with van der Waals surface area (Å²) in [6.45, 7) is 4.14. The molecule has 0 unspecified atom stereocenters. The van der Waals surface area contributed by atoms with Crippen molar-refractivity contribution in [3.05, 3.63) is 65.5 Å². The number of rotatable bonds is 6. The molecular formula is C20H20FNO2S. The van der Waals surface area contributed by atoms with Gasteiger partial charge >= 0.3 is 0 Å². The monoisotopic (exact) mass is 357 g/mol. The highest BCUT2D eigenvalue weighted by atomic mass is 32.2. The van der Waals surface area contributed by atoms with E-state index in [1.165, 1.54) is 17.8 Å². The quantitative estimate of drug-likeness (QED) is 0.659. The minimum absolute atomic E-state index is 0.0412. The van der Waals surface area contributed by atoms with Gasteiger partial charge in [0.05, 0.1) is 16.6 Å². The van der Waals surface area contributed by atoms with Gasteiger partial charge < -0.3 is 9.84 Å². The second kappa shape index (κ2) is 7.85. The van der Waals surface area contributed by atoms with Gasteiger partial charge in [-0.1, -0.05) is 30.3 Å². The summed E-state index contributed by atoms with van der Waals surface area (Å²) < 4.78 is 18.8. The number of aliphatic hydroxyl groups is 1. The highest BCUT2D eigenvalue weighted by Gasteiger charge is 2.11. The van der Waals surface area contributed by atoms with E-state index in [4.69, 9.17) is 9.72 Å². The number of hydrogen-bond donors (Lipinski definition) is 1. The van der Waals surface area contributed by atoms with E-state index in [0.29, 0.717) is 5.75 Å². The largest absolute Gasteiger partial charge is 0.488 e. The molecule has 0 aliphatic carbocycles. The molecule has 1 heterocycles. The molecule has 0 fully saturated rings. The number of ether oxygens (including phenoxy) is 1. The topological polar surface area (TPSA) is 42.4 Å². The van der Waals surface area contributed by atoms with Gasteiger partial charge in [-0.3, -0.25) is 0 Å². The van der Waals surface area contributed by atoms with Gasteiger partial charge in [0.15, 0.2) is 11.6 Å². The Hall–Kier alpha value is -2.11. The summed E-state index contributed by atoms with van der Waals surface area (Å²) in [6.07, 6.45) is -0.709. The molecule has 0 spiro atoms. The van der Waals surface area contributed by atoms with Crippen LogP contribution in [-0.2, 0) is 0 Å². The van der Waals surface area contributed by atoms with Crippen LogP contribution in [0.15, 0.2) is 53.6 Å². The lowest BCUT2D eigenvalue weighted by Gasteiger charge is -2.13. The van der Waals surface area contributed by atoms with Gasteiger partial charge in [-0.2, -0.15) is 0 Å². The second-order valence-corrected chi connectivity index (χ2v) is 7.00. The van der Waals surface area contributed by atoms with Gasteiger partial charge in [-0.05, 0) is 43.2 Å². The minimum atomic E-state index is -0.709. The van der Waals surface area contributed by atoms with Crippen molar-refractivity contribution in [1.29, 1.82) is 0 Å². The molecule has 1 atom stereocenters. The summed E-state index contributed by atoms with van der Waals surface area (Å²) in [5.41, 5.74) is 3.28. The first-order valence-corrected chi connectivity index (χ1v) is 9.08. The van der Waals surface area contributed by atoms with Crippen LogP contribution >= 0.6 is 11.8 Å². The molecule has 0 bridgehead atoms. The highest BCUT2D eigenvalue weighted by molar-refractivity contribution is 7.99. The molecule has 1 N–H and O–H groups in total. The molecule has 25 heavy (non-hydrogen) atoms. The van der Waals surface area contributed by atoms with E-state index in [0.717, 1.165) is 27.1 Å². The van der Waals surface area contributed by atoms with Crippen LogP contribution in [-0.4, -0.2) is 28.6 Å². The summed E-state index contributed by atoms with van der Waals surface area (Å²) in [5, 5.41) is 12.1. The summed E-state index contributed by atoms with van der Waals surface area (Å²) in [4.78, 5) is 4.69. The number of pyridine rings is 1. The van der Waals surface area contributed by atoms with Crippen molar-refractivity contribution in [2.75, 3.05) is 12.4 Å². The Labute approximate surface area is 150 Å². The lowest BCUT2D eigenvalue weighted by molar-refractivity contribution is 0.123. The first kappa shape index (κ1) is 17.7. The molecule has 3 nitrogen and oxygen atoms in total. The number of aromatic nitrogens is 1. The number of nitrogens with zero attached hydrogens (tertiary/aromatic N) is 1. The summed E-state index contributed by atoms with van der Waals surface area (Å²) in [5.74, 6) is 0.157. The van der Waals surface area contributed by atoms with E-state index >= 15 is 0 Å². The molecule has 0 radical (unpaired) electrons. The number of thioether (sulfide) groups is 1. The molecule has 2 aromatic carbocycles. The average molecular weight is 357 g/mol. The molecule has 0 aliphatic rings. The normalized spacial score (nSPS) is 12.3. The van der Waals surface area contributed by atoms with Crippen LogP contribution in [0.25, 0.3) is 10.9 Å². The molecule has 3 aromatic rings. The first-order valence-electron chi connectivity index (χ1n) is 8.10. The van der Waals surface area contributed by atoms with Crippen LogP contribution in [0.5, 0.6) is 5.75 Å². The lowest BCUT2D eigenvalue weighted by atomic mass is 10.1. The number of fused-ring (bicyclic) bond motifs is 1. The van der Waals surface area contributed by atoms with Crippen molar-refractivity contribution in [3.8, 4) is 5.75 Å². The smallest absolute Gasteiger partial charge is 0.165 e. The van der Waals surface area contributed by atoms with E-state index in [9.17, 15) is 9.50 Å². The van der Waals surface area contributed by atoms with Crippen LogP contribution in [0.3, 0.4) is 0 Å². The predicted octanol–water partition coefficient (Wildman–Crippen LogP) is 4.52. The third-order valence-corrected chi connectivity index (χ3v) is 4.97. The summed E-state index contributed by atoms with van der Waals surface area (Å²) in [7, 11) is 0. The SMILES string of the molecule is Cc1cc(SC[C@@H](O)COc2ccccc2F)nc2c(C)cccc12. The van der Waals surface area contributed by atoms with Crippen LogP contribution in [0.1, 0.15) is 11.1 Å². The van der Waals surface area contributed by atoms with Crippen molar-refractivity contribution in [1.82, 2.24) is 4.98 Å². The molecule has 0 aliphatic heterocycles. The van der Waals surface area contributed by atoms with Crippen molar-refractivity contribution in [2.45, 2.75) is 25.0 Å². The maximum Gasteiger partial charge on any atom is 0.165 e. The Balaban J connectivity index is 1.62. The van der Waals surface area contributed by atoms with Gasteiger partial charge in [0.2, 0.25) is 0 Å². The van der Waals surface area contributed by atoms with Crippen LogP contribution < -0.4 is 4.74 Å². The maximum absolute atomic E-state index is 13.5. The van der Waals surface area contributed by atoms with E-state index in [-0.39, 0.29) is 12.4 Å². The first-order chi connectivity index (χ1) is 12.0. The standard InChI is InChI=1S/C20H20FNO2S/c1-13-6-5-7-16-14(2)10-19(22-20(13)16)25-12-15(23)11-24-18-9-4-3-8-17(18)21/h3-10,15,23H,11-12H2,1-2H3/t15-/m0/s1. The van der Waals surface area contributed by atoms with Gasteiger partial charge in [0.25, 0.3) is 0 Å². The minimum Gasteiger partial charge on any atom is -0.488 e. The van der Waals surface area contributed by atoms with E-state index < -0.39 is 11.9 Å². The zero-order valence-electron chi connectivity index (χ0n) is 14.2. The van der Waals surface area contributed by atoms with Gasteiger partial charge in [-0.15, -0.1) is 11.8 Å². The van der Waals surface area contributed by atoms with E-state index in [1.807, 2.05) is 25.1 Å². The van der Waals surface area contributed by atoms with Crippen LogP contribution in [0.2, 0.25) is 0 Å². The van der Waals surface area contributed by atoms with Crippen molar-refractivity contribution in [3.63, 3.8) is 0 Å².